The van der Waals surface area contributed by atoms with Crippen LogP contribution in [0.1, 0.15) is 56.1 Å². The maximum absolute atomic E-state index is 13.0. The van der Waals surface area contributed by atoms with E-state index in [1.165, 1.54) is 0 Å². The highest BCUT2D eigenvalue weighted by Crippen LogP contribution is 2.29. The van der Waals surface area contributed by atoms with Gasteiger partial charge >= 0.3 is 11.9 Å². The topological polar surface area (TPSA) is 69.7 Å². The molecule has 1 aliphatic rings. The van der Waals surface area contributed by atoms with Crippen molar-refractivity contribution in [2.24, 2.45) is 11.8 Å². The number of carbonyl (C=O) groups excluding carboxylic acids is 3. The largest absolute Gasteiger partial charge is 0.460 e. The van der Waals surface area contributed by atoms with Gasteiger partial charge in [-0.05, 0) is 29.9 Å². The Kier molecular flexibility index (Phi) is 8.83. The normalized spacial score (nSPS) is 17.3. The van der Waals surface area contributed by atoms with Gasteiger partial charge in [-0.2, -0.15) is 0 Å². The molecule has 0 aliphatic heterocycles. The zero-order valence-electron chi connectivity index (χ0n) is 17.8. The molecular formula is C26H30O5. The summed E-state index contributed by atoms with van der Waals surface area (Å²) in [6, 6.07) is 18.7. The van der Waals surface area contributed by atoms with E-state index in [0.717, 1.165) is 36.8 Å². The van der Waals surface area contributed by atoms with Crippen LogP contribution in [0, 0.1) is 11.8 Å². The number of hydrogen-bond donors (Lipinski definition) is 0. The van der Waals surface area contributed by atoms with Crippen LogP contribution in [0.2, 0.25) is 0 Å². The smallest absolute Gasteiger partial charge is 0.320 e. The second-order valence-corrected chi connectivity index (χ2v) is 8.12. The minimum absolute atomic E-state index is 0.0861. The first kappa shape index (κ1) is 22.7. The van der Waals surface area contributed by atoms with Gasteiger partial charge in [0.15, 0.2) is 5.92 Å². The molecular weight excluding hydrogens is 392 g/mol. The van der Waals surface area contributed by atoms with Crippen LogP contribution in [0.4, 0.5) is 0 Å². The second kappa shape index (κ2) is 12.0. The van der Waals surface area contributed by atoms with Gasteiger partial charge < -0.3 is 9.47 Å². The maximum atomic E-state index is 13.0. The van der Waals surface area contributed by atoms with Gasteiger partial charge in [0.2, 0.25) is 0 Å². The first-order valence-electron chi connectivity index (χ1n) is 11.1. The van der Waals surface area contributed by atoms with Gasteiger partial charge in [-0.25, -0.2) is 0 Å². The molecule has 0 amide bonds. The van der Waals surface area contributed by atoms with Crippen molar-refractivity contribution in [2.45, 2.75) is 58.2 Å². The summed E-state index contributed by atoms with van der Waals surface area (Å²) >= 11 is 0. The first-order valence-corrected chi connectivity index (χ1v) is 11.1. The molecule has 0 saturated heterocycles. The monoisotopic (exact) mass is 422 g/mol. The van der Waals surface area contributed by atoms with Gasteiger partial charge in [0.25, 0.3) is 0 Å². The first-order chi connectivity index (χ1) is 15.1. The molecule has 5 heteroatoms. The lowest BCUT2D eigenvalue weighted by Crippen LogP contribution is -2.35. The van der Waals surface area contributed by atoms with Crippen molar-refractivity contribution in [1.29, 1.82) is 0 Å². The highest BCUT2D eigenvalue weighted by molar-refractivity contribution is 5.96. The standard InChI is InChI=1S/C26H30O5/c27-23-16-10-2-1-9-15-22(17-23)24(25(28)30-18-20-11-5-3-6-12-20)26(29)31-19-21-13-7-4-8-14-21/h3-8,11-14,22,24H,1-2,9-10,15-19H2. The number of esters is 2. The molecule has 0 aromatic heterocycles. The number of rotatable bonds is 7. The second-order valence-electron chi connectivity index (χ2n) is 8.12. The number of ether oxygens (including phenoxy) is 2. The molecule has 0 radical (unpaired) electrons. The maximum Gasteiger partial charge on any atom is 0.320 e. The van der Waals surface area contributed by atoms with Crippen molar-refractivity contribution >= 4 is 17.7 Å². The van der Waals surface area contributed by atoms with E-state index in [1.807, 2.05) is 60.7 Å². The predicted molar refractivity (Wildman–Crippen MR) is 117 cm³/mol. The molecule has 0 N–H and O–H groups in total. The Morgan fingerprint density at radius 2 is 1.29 bits per heavy atom. The molecule has 1 atom stereocenters. The Bertz CT molecular complexity index is 791. The average Bonchev–Trinajstić information content (AvgIpc) is 2.90. The summed E-state index contributed by atoms with van der Waals surface area (Å²) < 4.78 is 11.0. The third kappa shape index (κ3) is 7.35. The van der Waals surface area contributed by atoms with Crippen LogP contribution in [0.3, 0.4) is 0 Å². The van der Waals surface area contributed by atoms with Crippen LogP contribution >= 0.6 is 0 Å². The molecule has 0 heterocycles. The molecule has 0 bridgehead atoms. The van der Waals surface area contributed by atoms with Crippen LogP contribution in [0.15, 0.2) is 60.7 Å². The van der Waals surface area contributed by atoms with Gasteiger partial charge in [-0.3, -0.25) is 14.4 Å². The number of ketones is 1. The zero-order chi connectivity index (χ0) is 21.9. The molecule has 164 valence electrons. The Hall–Kier alpha value is -2.95. The van der Waals surface area contributed by atoms with Crippen molar-refractivity contribution < 1.29 is 23.9 Å². The van der Waals surface area contributed by atoms with Gasteiger partial charge in [0.1, 0.15) is 19.0 Å². The molecule has 5 nitrogen and oxygen atoms in total. The van der Waals surface area contributed by atoms with E-state index < -0.39 is 23.8 Å². The quantitative estimate of drug-likeness (QED) is 0.463. The van der Waals surface area contributed by atoms with Crippen LogP contribution in [-0.2, 0) is 37.1 Å². The fourth-order valence-electron chi connectivity index (χ4n) is 3.98. The molecule has 31 heavy (non-hydrogen) atoms. The summed E-state index contributed by atoms with van der Waals surface area (Å²) in [7, 11) is 0. The predicted octanol–water partition coefficient (Wildman–Crippen LogP) is 5.02. The van der Waals surface area contributed by atoms with Crippen molar-refractivity contribution in [3.8, 4) is 0 Å². The number of hydrogen-bond acceptors (Lipinski definition) is 5. The van der Waals surface area contributed by atoms with Crippen molar-refractivity contribution in [2.75, 3.05) is 0 Å². The average molecular weight is 423 g/mol. The van der Waals surface area contributed by atoms with E-state index in [1.54, 1.807) is 0 Å². The molecule has 1 unspecified atom stereocenters. The molecule has 0 spiro atoms. The lowest BCUT2D eigenvalue weighted by molar-refractivity contribution is -0.167. The number of Topliss-reactive ketones (excluding diaryl/α,β-unsaturated/α-hetero) is 1. The highest BCUT2D eigenvalue weighted by atomic mass is 16.6. The lowest BCUT2D eigenvalue weighted by atomic mass is 9.84. The van der Waals surface area contributed by atoms with E-state index in [-0.39, 0.29) is 25.4 Å². The van der Waals surface area contributed by atoms with E-state index in [0.29, 0.717) is 12.8 Å². The molecule has 2 aromatic rings. The number of carbonyl (C=O) groups is 3. The lowest BCUT2D eigenvalue weighted by Gasteiger charge is -2.24. The Balaban J connectivity index is 1.73. The summed E-state index contributed by atoms with van der Waals surface area (Å²) in [6.07, 6.45) is 5.10. The molecule has 1 saturated carbocycles. The summed E-state index contributed by atoms with van der Waals surface area (Å²) in [6.45, 7) is 0.172. The molecule has 1 fully saturated rings. The van der Waals surface area contributed by atoms with Crippen LogP contribution in [0.5, 0.6) is 0 Å². The zero-order valence-corrected chi connectivity index (χ0v) is 17.8. The van der Waals surface area contributed by atoms with Crippen molar-refractivity contribution in [1.82, 2.24) is 0 Å². The van der Waals surface area contributed by atoms with Crippen LogP contribution < -0.4 is 0 Å². The highest BCUT2D eigenvalue weighted by Gasteiger charge is 2.38. The Morgan fingerprint density at radius 3 is 1.84 bits per heavy atom. The fourth-order valence-corrected chi connectivity index (χ4v) is 3.98. The minimum atomic E-state index is -1.09. The van der Waals surface area contributed by atoms with Crippen LogP contribution in [-0.4, -0.2) is 17.7 Å². The molecule has 3 rings (SSSR count). The summed E-state index contributed by atoms with van der Waals surface area (Å²) in [5, 5.41) is 0. The van der Waals surface area contributed by atoms with Crippen molar-refractivity contribution in [3.05, 3.63) is 71.8 Å². The SMILES string of the molecule is O=C1CCCCCCC(C(C(=O)OCc2ccccc2)C(=O)OCc2ccccc2)C1. The third-order valence-electron chi connectivity index (χ3n) is 5.70. The minimum Gasteiger partial charge on any atom is -0.460 e. The summed E-state index contributed by atoms with van der Waals surface area (Å²) in [4.78, 5) is 38.5. The van der Waals surface area contributed by atoms with E-state index in [4.69, 9.17) is 9.47 Å². The Labute approximate surface area is 183 Å². The number of benzene rings is 2. The summed E-state index contributed by atoms with van der Waals surface area (Å²) in [5.74, 6) is -2.60. The van der Waals surface area contributed by atoms with Gasteiger partial charge in [0, 0.05) is 12.8 Å². The third-order valence-corrected chi connectivity index (χ3v) is 5.70. The summed E-state index contributed by atoms with van der Waals surface area (Å²) in [5.41, 5.74) is 1.69. The Morgan fingerprint density at radius 1 is 0.774 bits per heavy atom. The van der Waals surface area contributed by atoms with E-state index >= 15 is 0 Å². The fraction of sp³-hybridized carbons (Fsp3) is 0.423. The molecule has 2 aromatic carbocycles. The van der Waals surface area contributed by atoms with E-state index in [9.17, 15) is 14.4 Å². The van der Waals surface area contributed by atoms with Gasteiger partial charge in [-0.15, -0.1) is 0 Å². The van der Waals surface area contributed by atoms with Crippen molar-refractivity contribution in [3.63, 3.8) is 0 Å². The van der Waals surface area contributed by atoms with Gasteiger partial charge in [-0.1, -0.05) is 79.9 Å². The van der Waals surface area contributed by atoms with Crippen LogP contribution in [0.25, 0.3) is 0 Å². The molecule has 1 aliphatic carbocycles. The van der Waals surface area contributed by atoms with E-state index in [2.05, 4.69) is 0 Å². The van der Waals surface area contributed by atoms with Gasteiger partial charge in [0.05, 0.1) is 0 Å².